The Morgan fingerprint density at radius 1 is 1.08 bits per heavy atom. The molecule has 3 aromatic rings. The zero-order chi connectivity index (χ0) is 18.0. The van der Waals surface area contributed by atoms with Gasteiger partial charge in [0.05, 0.1) is 16.1 Å². The molecule has 0 saturated heterocycles. The van der Waals surface area contributed by atoms with Crippen molar-refractivity contribution in [1.82, 2.24) is 4.98 Å². The molecule has 2 aromatic carbocycles. The van der Waals surface area contributed by atoms with Crippen LogP contribution in [0.5, 0.6) is 0 Å². The molecule has 1 N–H and O–H groups in total. The van der Waals surface area contributed by atoms with Crippen molar-refractivity contribution in [2.75, 3.05) is 5.32 Å². The van der Waals surface area contributed by atoms with Gasteiger partial charge >= 0.3 is 0 Å². The van der Waals surface area contributed by atoms with Gasteiger partial charge in [0, 0.05) is 18.6 Å². The molecule has 3 rings (SSSR count). The highest BCUT2D eigenvalue weighted by Gasteiger charge is 2.19. The monoisotopic (exact) mass is 358 g/mol. The number of carbonyl (C=O) groups is 2. The maximum absolute atomic E-state index is 13.7. The summed E-state index contributed by atoms with van der Waals surface area (Å²) in [6.45, 7) is 1.41. The Hall–Kier alpha value is -2.93. The number of amides is 1. The SMILES string of the molecule is CC(=O)c1sc(NC(=O)c2ccc(F)cc2F)nc1-c1ccccc1. The molecule has 0 aliphatic rings. The molecule has 1 heterocycles. The fourth-order valence-corrected chi connectivity index (χ4v) is 3.12. The van der Waals surface area contributed by atoms with Gasteiger partial charge in [-0.3, -0.25) is 14.9 Å². The van der Waals surface area contributed by atoms with Gasteiger partial charge in [0.25, 0.3) is 5.91 Å². The minimum atomic E-state index is -0.968. The van der Waals surface area contributed by atoms with Crippen LogP contribution >= 0.6 is 11.3 Å². The van der Waals surface area contributed by atoms with Crippen LogP contribution in [0.4, 0.5) is 13.9 Å². The average Bonchev–Trinajstić information content (AvgIpc) is 2.99. The second-order valence-electron chi connectivity index (χ2n) is 5.20. The number of nitrogens with zero attached hydrogens (tertiary/aromatic N) is 1. The van der Waals surface area contributed by atoms with Crippen molar-refractivity contribution in [2.24, 2.45) is 0 Å². The molecule has 0 spiro atoms. The van der Waals surface area contributed by atoms with E-state index < -0.39 is 17.5 Å². The Kier molecular flexibility index (Phi) is 4.67. The molecule has 25 heavy (non-hydrogen) atoms. The third-order valence-electron chi connectivity index (χ3n) is 3.39. The lowest BCUT2D eigenvalue weighted by atomic mass is 10.1. The van der Waals surface area contributed by atoms with E-state index in [1.807, 2.05) is 18.2 Å². The zero-order valence-corrected chi connectivity index (χ0v) is 13.9. The van der Waals surface area contributed by atoms with E-state index in [4.69, 9.17) is 0 Å². The lowest BCUT2D eigenvalue weighted by Crippen LogP contribution is -2.13. The van der Waals surface area contributed by atoms with Crippen molar-refractivity contribution >= 4 is 28.2 Å². The maximum atomic E-state index is 13.7. The normalized spacial score (nSPS) is 10.5. The molecule has 7 heteroatoms. The van der Waals surface area contributed by atoms with Crippen molar-refractivity contribution < 1.29 is 18.4 Å². The molecule has 1 amide bonds. The van der Waals surface area contributed by atoms with Crippen LogP contribution < -0.4 is 5.32 Å². The summed E-state index contributed by atoms with van der Waals surface area (Å²) >= 11 is 1.01. The number of anilines is 1. The fourth-order valence-electron chi connectivity index (χ4n) is 2.24. The van der Waals surface area contributed by atoms with E-state index >= 15 is 0 Å². The van der Waals surface area contributed by atoms with Crippen LogP contribution in [0.3, 0.4) is 0 Å². The minimum Gasteiger partial charge on any atom is -0.298 e. The fraction of sp³-hybridized carbons (Fsp3) is 0.0556. The van der Waals surface area contributed by atoms with Crippen LogP contribution in [0.25, 0.3) is 11.3 Å². The van der Waals surface area contributed by atoms with Gasteiger partial charge in [-0.05, 0) is 12.1 Å². The van der Waals surface area contributed by atoms with Crippen molar-refractivity contribution in [1.29, 1.82) is 0 Å². The Labute approximate surface area is 146 Å². The van der Waals surface area contributed by atoms with Crippen LogP contribution in [-0.2, 0) is 0 Å². The lowest BCUT2D eigenvalue weighted by Gasteiger charge is -2.03. The van der Waals surface area contributed by atoms with Gasteiger partial charge < -0.3 is 0 Å². The Bertz CT molecular complexity index is 955. The number of nitrogens with one attached hydrogen (secondary N) is 1. The van der Waals surface area contributed by atoms with E-state index in [2.05, 4.69) is 10.3 Å². The summed E-state index contributed by atoms with van der Waals surface area (Å²) in [5, 5.41) is 2.62. The minimum absolute atomic E-state index is 0.165. The Balaban J connectivity index is 1.93. The molecule has 0 unspecified atom stereocenters. The number of carbonyl (C=O) groups excluding carboxylic acids is 2. The second kappa shape index (κ2) is 6.90. The highest BCUT2D eigenvalue weighted by atomic mass is 32.1. The van der Waals surface area contributed by atoms with E-state index in [1.54, 1.807) is 12.1 Å². The Morgan fingerprint density at radius 2 is 1.80 bits per heavy atom. The molecule has 0 aliphatic heterocycles. The molecule has 0 saturated carbocycles. The van der Waals surface area contributed by atoms with Gasteiger partial charge in [0.1, 0.15) is 11.6 Å². The molecule has 1 aromatic heterocycles. The van der Waals surface area contributed by atoms with Gasteiger partial charge in [0.15, 0.2) is 10.9 Å². The van der Waals surface area contributed by atoms with E-state index in [0.717, 1.165) is 29.0 Å². The average molecular weight is 358 g/mol. The number of Topliss-reactive ketones (excluding diaryl/α,β-unsaturated/α-hetero) is 1. The van der Waals surface area contributed by atoms with Crippen LogP contribution in [0.1, 0.15) is 27.0 Å². The first kappa shape index (κ1) is 16.9. The first-order valence-electron chi connectivity index (χ1n) is 7.29. The third kappa shape index (κ3) is 3.61. The number of hydrogen-bond donors (Lipinski definition) is 1. The number of benzene rings is 2. The first-order chi connectivity index (χ1) is 12.0. The van der Waals surface area contributed by atoms with Gasteiger partial charge in [-0.1, -0.05) is 41.7 Å². The van der Waals surface area contributed by atoms with Crippen molar-refractivity contribution in [3.8, 4) is 11.3 Å². The van der Waals surface area contributed by atoms with Crippen molar-refractivity contribution in [3.05, 3.63) is 70.6 Å². The number of rotatable bonds is 4. The quantitative estimate of drug-likeness (QED) is 0.697. The molecular weight excluding hydrogens is 346 g/mol. The molecule has 126 valence electrons. The van der Waals surface area contributed by atoms with Crippen LogP contribution in [0, 0.1) is 11.6 Å². The summed E-state index contributed by atoms with van der Waals surface area (Å²) in [4.78, 5) is 28.7. The van der Waals surface area contributed by atoms with E-state index in [1.165, 1.54) is 6.92 Å². The van der Waals surface area contributed by atoms with Crippen LogP contribution in [0.2, 0.25) is 0 Å². The summed E-state index contributed by atoms with van der Waals surface area (Å²) in [5.74, 6) is -2.69. The van der Waals surface area contributed by atoms with Crippen LogP contribution in [-0.4, -0.2) is 16.7 Å². The lowest BCUT2D eigenvalue weighted by molar-refractivity contribution is 0.101. The summed E-state index contributed by atoms with van der Waals surface area (Å²) in [5.41, 5.74) is 0.882. The number of ketones is 1. The smallest absolute Gasteiger partial charge is 0.260 e. The number of halogens is 2. The Morgan fingerprint density at radius 3 is 2.44 bits per heavy atom. The summed E-state index contributed by atoms with van der Waals surface area (Å²) in [6.07, 6.45) is 0. The molecule has 0 aliphatic carbocycles. The third-order valence-corrected chi connectivity index (χ3v) is 4.46. The molecule has 4 nitrogen and oxygen atoms in total. The predicted molar refractivity (Wildman–Crippen MR) is 91.9 cm³/mol. The highest BCUT2D eigenvalue weighted by molar-refractivity contribution is 7.18. The van der Waals surface area contributed by atoms with Gasteiger partial charge in [-0.15, -0.1) is 0 Å². The van der Waals surface area contributed by atoms with E-state index in [9.17, 15) is 18.4 Å². The first-order valence-corrected chi connectivity index (χ1v) is 8.11. The van der Waals surface area contributed by atoms with Crippen molar-refractivity contribution in [3.63, 3.8) is 0 Å². The predicted octanol–water partition coefficient (Wildman–Crippen LogP) is 4.54. The topological polar surface area (TPSA) is 59.1 Å². The van der Waals surface area contributed by atoms with Gasteiger partial charge in [0.2, 0.25) is 0 Å². The number of aromatic nitrogens is 1. The molecule has 0 radical (unpaired) electrons. The second-order valence-corrected chi connectivity index (χ2v) is 6.20. The van der Waals surface area contributed by atoms with E-state index in [0.29, 0.717) is 16.6 Å². The number of thiazole rings is 1. The molecular formula is C18H12F2N2O2S. The maximum Gasteiger partial charge on any atom is 0.260 e. The summed E-state index contributed by atoms with van der Waals surface area (Å²) < 4.78 is 26.7. The van der Waals surface area contributed by atoms with Gasteiger partial charge in [-0.25, -0.2) is 13.8 Å². The molecule has 0 fully saturated rings. The zero-order valence-electron chi connectivity index (χ0n) is 13.0. The number of hydrogen-bond acceptors (Lipinski definition) is 4. The standard InChI is InChI=1S/C18H12F2N2O2S/c1-10(23)16-15(11-5-3-2-4-6-11)21-18(25-16)22-17(24)13-8-7-12(19)9-14(13)20/h2-9H,1H3,(H,21,22,24). The van der Waals surface area contributed by atoms with Crippen molar-refractivity contribution in [2.45, 2.75) is 6.92 Å². The van der Waals surface area contributed by atoms with E-state index in [-0.39, 0.29) is 16.5 Å². The largest absolute Gasteiger partial charge is 0.298 e. The van der Waals surface area contributed by atoms with Crippen LogP contribution in [0.15, 0.2) is 48.5 Å². The molecule has 0 bridgehead atoms. The summed E-state index contributed by atoms with van der Waals surface area (Å²) in [6, 6.07) is 11.7. The van der Waals surface area contributed by atoms with Gasteiger partial charge in [-0.2, -0.15) is 0 Å². The molecule has 0 atom stereocenters. The summed E-state index contributed by atoms with van der Waals surface area (Å²) in [7, 11) is 0. The highest BCUT2D eigenvalue weighted by Crippen LogP contribution is 2.31.